The van der Waals surface area contributed by atoms with Crippen molar-refractivity contribution < 1.29 is 17.3 Å². The van der Waals surface area contributed by atoms with Crippen LogP contribution in [-0.2, 0) is 15.7 Å². The molecule has 35 heavy (non-hydrogen) atoms. The van der Waals surface area contributed by atoms with Crippen molar-refractivity contribution in [2.45, 2.75) is 5.54 Å². The molecule has 7 nitrogen and oxygen atoms in total. The van der Waals surface area contributed by atoms with E-state index in [0.717, 1.165) is 39.6 Å². The second-order valence-corrected chi connectivity index (χ2v) is 9.83. The summed E-state index contributed by atoms with van der Waals surface area (Å²) in [6, 6.07) is 24.7. The fourth-order valence-corrected chi connectivity index (χ4v) is 4.93. The summed E-state index contributed by atoms with van der Waals surface area (Å²) in [5.74, 6) is 1.33. The first-order chi connectivity index (χ1) is 16.8. The first-order valence-corrected chi connectivity index (χ1v) is 12.7. The number of fused-ring (bicyclic) bond motifs is 1. The Bertz CT molecular complexity index is 1550. The third-order valence-electron chi connectivity index (χ3n) is 5.96. The van der Waals surface area contributed by atoms with Gasteiger partial charge in [0.2, 0.25) is 0 Å². The zero-order valence-corrected chi connectivity index (χ0v) is 20.0. The number of ether oxygens (including phenoxy) is 1. The largest absolute Gasteiger partial charge is 0.495 e. The van der Waals surface area contributed by atoms with Crippen molar-refractivity contribution >= 4 is 16.0 Å². The zero-order valence-electron chi connectivity index (χ0n) is 19.2. The molecule has 4 aromatic rings. The topological polar surface area (TPSA) is 104 Å². The smallest absolute Gasteiger partial charge is 0.306 e. The highest BCUT2D eigenvalue weighted by molar-refractivity contribution is 7.86. The summed E-state index contributed by atoms with van der Waals surface area (Å²) in [4.78, 5) is 9.28. The Balaban J connectivity index is 1.70. The number of nitrogens with zero attached hydrogens (tertiary/aromatic N) is 2. The molecule has 1 atom stereocenters. The Morgan fingerprint density at radius 2 is 1.60 bits per heavy atom. The molecular formula is C27H23N3O4S. The van der Waals surface area contributed by atoms with Crippen LogP contribution in [0.1, 0.15) is 22.3 Å². The molecule has 0 saturated carbocycles. The van der Waals surface area contributed by atoms with Crippen molar-refractivity contribution in [3.8, 4) is 22.6 Å². The number of nitrogens with two attached hydrogens (primary N) is 1. The van der Waals surface area contributed by atoms with Crippen molar-refractivity contribution in [3.63, 3.8) is 0 Å². The fourth-order valence-electron chi connectivity index (χ4n) is 4.47. The van der Waals surface area contributed by atoms with Crippen LogP contribution in [0.15, 0.2) is 96.2 Å². The van der Waals surface area contributed by atoms with Gasteiger partial charge >= 0.3 is 10.1 Å². The SMILES string of the molecule is COc1cncc(-c2cccc(C3(c4ccc(OS(C)(=O)=O)cc4)N=C(N)c4ccccc43)c2)c1. The van der Waals surface area contributed by atoms with E-state index in [1.807, 2.05) is 60.7 Å². The molecule has 0 aliphatic carbocycles. The van der Waals surface area contributed by atoms with Crippen LogP contribution in [0.2, 0.25) is 0 Å². The number of amidine groups is 1. The maximum atomic E-state index is 11.6. The highest BCUT2D eigenvalue weighted by Crippen LogP contribution is 2.46. The van der Waals surface area contributed by atoms with Crippen LogP contribution < -0.4 is 14.7 Å². The molecule has 176 valence electrons. The van der Waals surface area contributed by atoms with Crippen LogP contribution >= 0.6 is 0 Å². The molecule has 1 aliphatic heterocycles. The molecular weight excluding hydrogens is 462 g/mol. The quantitative estimate of drug-likeness (QED) is 0.412. The summed E-state index contributed by atoms with van der Waals surface area (Å²) in [5, 5.41) is 0. The molecule has 1 aliphatic rings. The van der Waals surface area contributed by atoms with Gasteiger partial charge < -0.3 is 14.7 Å². The van der Waals surface area contributed by atoms with E-state index in [9.17, 15) is 8.42 Å². The summed E-state index contributed by atoms with van der Waals surface area (Å²) >= 11 is 0. The van der Waals surface area contributed by atoms with E-state index in [0.29, 0.717) is 11.6 Å². The molecule has 0 amide bonds. The van der Waals surface area contributed by atoms with Gasteiger partial charge in [-0.3, -0.25) is 4.98 Å². The van der Waals surface area contributed by atoms with Gasteiger partial charge in [-0.15, -0.1) is 0 Å². The monoisotopic (exact) mass is 485 g/mol. The van der Waals surface area contributed by atoms with Crippen molar-refractivity contribution in [2.75, 3.05) is 13.4 Å². The second-order valence-electron chi connectivity index (χ2n) is 8.26. The van der Waals surface area contributed by atoms with Crippen molar-refractivity contribution in [2.24, 2.45) is 10.7 Å². The Hall–Kier alpha value is -4.17. The van der Waals surface area contributed by atoms with Crippen LogP contribution in [0.4, 0.5) is 0 Å². The van der Waals surface area contributed by atoms with E-state index < -0.39 is 15.7 Å². The van der Waals surface area contributed by atoms with Gasteiger partial charge in [0.15, 0.2) is 0 Å². The number of methoxy groups -OCH3 is 1. The lowest BCUT2D eigenvalue weighted by molar-refractivity contribution is 0.413. The molecule has 0 bridgehead atoms. The Morgan fingerprint density at radius 1 is 0.829 bits per heavy atom. The normalized spacial score (nSPS) is 16.9. The predicted octanol–water partition coefficient (Wildman–Crippen LogP) is 4.11. The number of pyridine rings is 1. The molecule has 1 aromatic heterocycles. The average Bonchev–Trinajstić information content (AvgIpc) is 3.17. The van der Waals surface area contributed by atoms with E-state index >= 15 is 0 Å². The Morgan fingerprint density at radius 3 is 2.34 bits per heavy atom. The van der Waals surface area contributed by atoms with Crippen LogP contribution in [0, 0.1) is 0 Å². The van der Waals surface area contributed by atoms with Gasteiger partial charge in [0.1, 0.15) is 22.9 Å². The minimum Gasteiger partial charge on any atom is -0.495 e. The number of hydrogen-bond donors (Lipinski definition) is 1. The molecule has 8 heteroatoms. The Kier molecular flexibility index (Phi) is 5.53. The molecule has 0 saturated heterocycles. The number of aromatic nitrogens is 1. The highest BCUT2D eigenvalue weighted by atomic mass is 32.2. The highest BCUT2D eigenvalue weighted by Gasteiger charge is 2.42. The van der Waals surface area contributed by atoms with E-state index in [1.54, 1.807) is 31.6 Å². The van der Waals surface area contributed by atoms with Crippen LogP contribution in [0.3, 0.4) is 0 Å². The van der Waals surface area contributed by atoms with Crippen LogP contribution in [-0.4, -0.2) is 32.6 Å². The summed E-state index contributed by atoms with van der Waals surface area (Å²) < 4.78 is 33.5. The third kappa shape index (κ3) is 4.13. The lowest BCUT2D eigenvalue weighted by Crippen LogP contribution is -2.25. The van der Waals surface area contributed by atoms with Crippen molar-refractivity contribution in [1.29, 1.82) is 0 Å². The molecule has 2 heterocycles. The number of rotatable bonds is 6. The summed E-state index contributed by atoms with van der Waals surface area (Å²) in [6.45, 7) is 0. The zero-order chi connectivity index (χ0) is 24.6. The Labute approximate surface area is 204 Å². The predicted molar refractivity (Wildman–Crippen MR) is 135 cm³/mol. The molecule has 1 unspecified atom stereocenters. The van der Waals surface area contributed by atoms with E-state index in [1.165, 1.54) is 0 Å². The lowest BCUT2D eigenvalue weighted by atomic mass is 9.77. The minimum absolute atomic E-state index is 0.228. The standard InChI is InChI=1S/C27H23N3O4S/c1-33-23-15-19(16-29-17-23)18-6-5-7-21(14-18)27(25-9-4-3-8-24(25)26(28)30-27)20-10-12-22(13-11-20)34-35(2,31)32/h3-17H,1-2H3,(H2,28,30). The minimum atomic E-state index is -3.64. The van der Waals surface area contributed by atoms with Gasteiger partial charge in [0.05, 0.1) is 19.6 Å². The molecule has 3 aromatic carbocycles. The van der Waals surface area contributed by atoms with Gasteiger partial charge in [-0.2, -0.15) is 8.42 Å². The second kappa shape index (κ2) is 8.56. The molecule has 0 fully saturated rings. The lowest BCUT2D eigenvalue weighted by Gasteiger charge is -2.29. The maximum absolute atomic E-state index is 11.6. The van der Waals surface area contributed by atoms with E-state index in [4.69, 9.17) is 19.6 Å². The van der Waals surface area contributed by atoms with Crippen LogP contribution in [0.25, 0.3) is 11.1 Å². The number of aliphatic imine (C=N–C) groups is 1. The van der Waals surface area contributed by atoms with Gasteiger partial charge in [-0.1, -0.05) is 54.6 Å². The molecule has 0 radical (unpaired) electrons. The van der Waals surface area contributed by atoms with Gasteiger partial charge in [0, 0.05) is 17.3 Å². The summed E-state index contributed by atoms with van der Waals surface area (Å²) in [6.07, 6.45) is 4.46. The molecule has 5 rings (SSSR count). The first kappa shape index (κ1) is 22.6. The van der Waals surface area contributed by atoms with Crippen LogP contribution in [0.5, 0.6) is 11.5 Å². The number of hydrogen-bond acceptors (Lipinski definition) is 7. The third-order valence-corrected chi connectivity index (χ3v) is 6.46. The fraction of sp³-hybridized carbons (Fsp3) is 0.111. The average molecular weight is 486 g/mol. The summed E-state index contributed by atoms with van der Waals surface area (Å²) in [7, 11) is -2.03. The summed E-state index contributed by atoms with van der Waals surface area (Å²) in [5.41, 5.74) is 10.9. The maximum Gasteiger partial charge on any atom is 0.306 e. The van der Waals surface area contributed by atoms with E-state index in [-0.39, 0.29) is 5.75 Å². The first-order valence-electron chi connectivity index (χ1n) is 10.9. The van der Waals surface area contributed by atoms with Crippen molar-refractivity contribution in [3.05, 3.63) is 114 Å². The van der Waals surface area contributed by atoms with Gasteiger partial charge in [-0.25, -0.2) is 4.99 Å². The molecule has 0 spiro atoms. The van der Waals surface area contributed by atoms with Gasteiger partial charge in [0.25, 0.3) is 0 Å². The van der Waals surface area contributed by atoms with Gasteiger partial charge in [-0.05, 0) is 46.5 Å². The van der Waals surface area contributed by atoms with Crippen molar-refractivity contribution in [1.82, 2.24) is 4.98 Å². The number of benzene rings is 3. The van der Waals surface area contributed by atoms with E-state index in [2.05, 4.69) is 11.1 Å². The molecule has 2 N–H and O–H groups in total.